The monoisotopic (exact) mass is 508 g/mol. The Hall–Kier alpha value is -2.69. The maximum atomic E-state index is 13.5. The number of nitrogens with zero attached hydrogens (tertiary/aromatic N) is 2. The minimum absolute atomic E-state index is 0.108. The highest BCUT2D eigenvalue weighted by Gasteiger charge is 2.22. The van der Waals surface area contributed by atoms with Crippen LogP contribution in [0.5, 0.6) is 0 Å². The van der Waals surface area contributed by atoms with Gasteiger partial charge in [0.05, 0.1) is 0 Å². The SMILES string of the molecule is CCCCCCCCCCC1CCC(c2ccc(-c3cnc(-c4cc(F)c(F)c(F)c4)nc3)cc2)CC1. The van der Waals surface area contributed by atoms with Gasteiger partial charge in [0.15, 0.2) is 23.3 Å². The third-order valence-corrected chi connectivity index (χ3v) is 7.92. The van der Waals surface area contributed by atoms with Crippen molar-refractivity contribution in [3.05, 3.63) is 71.8 Å². The molecule has 37 heavy (non-hydrogen) atoms. The maximum Gasteiger partial charge on any atom is 0.194 e. The summed E-state index contributed by atoms with van der Waals surface area (Å²) in [6.07, 6.45) is 21.0. The van der Waals surface area contributed by atoms with Gasteiger partial charge in [0, 0.05) is 23.5 Å². The Bertz CT molecular complexity index is 1080. The van der Waals surface area contributed by atoms with Gasteiger partial charge in [-0.05, 0) is 60.8 Å². The van der Waals surface area contributed by atoms with Crippen molar-refractivity contribution in [2.24, 2.45) is 5.92 Å². The van der Waals surface area contributed by atoms with Gasteiger partial charge in [-0.15, -0.1) is 0 Å². The Morgan fingerprint density at radius 1 is 0.676 bits per heavy atom. The zero-order valence-electron chi connectivity index (χ0n) is 22.0. The molecule has 0 amide bonds. The fourth-order valence-electron chi connectivity index (χ4n) is 5.61. The molecule has 1 saturated carbocycles. The zero-order valence-corrected chi connectivity index (χ0v) is 22.0. The lowest BCUT2D eigenvalue weighted by Gasteiger charge is -2.29. The Kier molecular flexibility index (Phi) is 10.2. The number of unbranched alkanes of at least 4 members (excludes halogenated alkanes) is 7. The van der Waals surface area contributed by atoms with E-state index in [1.165, 1.54) is 89.0 Å². The predicted octanol–water partition coefficient (Wildman–Crippen LogP) is 10.0. The third kappa shape index (κ3) is 7.66. The van der Waals surface area contributed by atoms with Crippen molar-refractivity contribution in [1.82, 2.24) is 9.97 Å². The van der Waals surface area contributed by atoms with Crippen LogP contribution in [-0.4, -0.2) is 9.97 Å². The second-order valence-electron chi connectivity index (χ2n) is 10.7. The highest BCUT2D eigenvalue weighted by atomic mass is 19.2. The fraction of sp³-hybridized carbons (Fsp3) is 0.500. The van der Waals surface area contributed by atoms with E-state index in [0.29, 0.717) is 5.92 Å². The van der Waals surface area contributed by atoms with Crippen molar-refractivity contribution in [3.63, 3.8) is 0 Å². The first-order chi connectivity index (χ1) is 18.0. The molecule has 1 fully saturated rings. The summed E-state index contributed by atoms with van der Waals surface area (Å²) in [7, 11) is 0. The lowest BCUT2D eigenvalue weighted by atomic mass is 9.77. The van der Waals surface area contributed by atoms with Gasteiger partial charge in [-0.2, -0.15) is 0 Å². The Morgan fingerprint density at radius 2 is 1.24 bits per heavy atom. The molecule has 1 aromatic heterocycles. The highest BCUT2D eigenvalue weighted by molar-refractivity contribution is 5.64. The van der Waals surface area contributed by atoms with E-state index in [-0.39, 0.29) is 11.4 Å². The van der Waals surface area contributed by atoms with Gasteiger partial charge in [-0.3, -0.25) is 0 Å². The van der Waals surface area contributed by atoms with Gasteiger partial charge in [0.25, 0.3) is 0 Å². The molecule has 2 aromatic carbocycles. The van der Waals surface area contributed by atoms with Crippen LogP contribution >= 0.6 is 0 Å². The summed E-state index contributed by atoms with van der Waals surface area (Å²) in [5.41, 5.74) is 3.32. The molecule has 0 atom stereocenters. The van der Waals surface area contributed by atoms with E-state index in [0.717, 1.165) is 29.2 Å². The van der Waals surface area contributed by atoms with Crippen molar-refractivity contribution in [1.29, 1.82) is 0 Å². The fourth-order valence-corrected chi connectivity index (χ4v) is 5.61. The predicted molar refractivity (Wildman–Crippen MR) is 145 cm³/mol. The minimum Gasteiger partial charge on any atom is -0.236 e. The molecule has 4 rings (SSSR count). The van der Waals surface area contributed by atoms with Crippen LogP contribution in [0.15, 0.2) is 48.8 Å². The number of hydrogen-bond acceptors (Lipinski definition) is 2. The second kappa shape index (κ2) is 13.7. The van der Waals surface area contributed by atoms with Crippen LogP contribution in [0.25, 0.3) is 22.5 Å². The van der Waals surface area contributed by atoms with Crippen LogP contribution < -0.4 is 0 Å². The lowest BCUT2D eigenvalue weighted by Crippen LogP contribution is -2.13. The molecule has 198 valence electrons. The van der Waals surface area contributed by atoms with E-state index in [9.17, 15) is 13.2 Å². The molecule has 3 aromatic rings. The molecule has 2 nitrogen and oxygen atoms in total. The molecule has 1 aliphatic rings. The molecule has 0 bridgehead atoms. The van der Waals surface area contributed by atoms with Crippen LogP contribution in [0, 0.1) is 23.4 Å². The lowest BCUT2D eigenvalue weighted by molar-refractivity contribution is 0.302. The summed E-state index contributed by atoms with van der Waals surface area (Å²) in [6.45, 7) is 2.27. The van der Waals surface area contributed by atoms with E-state index in [1.807, 2.05) is 0 Å². The van der Waals surface area contributed by atoms with Gasteiger partial charge in [0.1, 0.15) is 0 Å². The molecule has 1 heterocycles. The topological polar surface area (TPSA) is 25.8 Å². The Labute approximate surface area is 219 Å². The molecule has 0 aliphatic heterocycles. The molecule has 0 saturated heterocycles. The maximum absolute atomic E-state index is 13.5. The average molecular weight is 509 g/mol. The molecule has 0 unspecified atom stereocenters. The van der Waals surface area contributed by atoms with E-state index >= 15 is 0 Å². The van der Waals surface area contributed by atoms with Crippen LogP contribution in [0.1, 0.15) is 102 Å². The van der Waals surface area contributed by atoms with Crippen LogP contribution in [0.3, 0.4) is 0 Å². The van der Waals surface area contributed by atoms with Gasteiger partial charge in [0.2, 0.25) is 0 Å². The molecule has 1 aliphatic carbocycles. The van der Waals surface area contributed by atoms with Gasteiger partial charge < -0.3 is 0 Å². The standard InChI is InChI=1S/C32H39F3N2/c1-2-3-4-5-6-7-8-9-10-23-11-13-24(14-12-23)25-15-17-26(18-16-25)28-21-36-32(37-22-28)27-19-29(33)31(35)30(34)20-27/h15-24H,2-14H2,1H3. The molecule has 0 N–H and O–H groups in total. The summed E-state index contributed by atoms with van der Waals surface area (Å²) < 4.78 is 40.3. The number of hydrogen-bond donors (Lipinski definition) is 0. The summed E-state index contributed by atoms with van der Waals surface area (Å²) in [5, 5.41) is 0. The normalized spacial score (nSPS) is 17.7. The van der Waals surface area contributed by atoms with Crippen LogP contribution in [-0.2, 0) is 0 Å². The summed E-state index contributed by atoms with van der Waals surface area (Å²) >= 11 is 0. The quantitative estimate of drug-likeness (QED) is 0.180. The molecule has 0 spiro atoms. The summed E-state index contributed by atoms with van der Waals surface area (Å²) in [5.74, 6) is -2.31. The minimum atomic E-state index is -1.49. The number of aromatic nitrogens is 2. The van der Waals surface area contributed by atoms with E-state index in [1.54, 1.807) is 12.4 Å². The number of benzene rings is 2. The highest BCUT2D eigenvalue weighted by Crippen LogP contribution is 2.38. The molecular weight excluding hydrogens is 469 g/mol. The number of halogens is 3. The summed E-state index contributed by atoms with van der Waals surface area (Å²) in [4.78, 5) is 8.49. The largest absolute Gasteiger partial charge is 0.236 e. The first-order valence-corrected chi connectivity index (χ1v) is 14.1. The third-order valence-electron chi connectivity index (χ3n) is 7.92. The van der Waals surface area contributed by atoms with Crippen LogP contribution in [0.2, 0.25) is 0 Å². The molecule has 0 radical (unpaired) electrons. The van der Waals surface area contributed by atoms with Gasteiger partial charge in [-0.1, -0.05) is 89.0 Å². The average Bonchev–Trinajstić information content (AvgIpc) is 2.93. The smallest absolute Gasteiger partial charge is 0.194 e. The van der Waals surface area contributed by atoms with E-state index in [2.05, 4.69) is 41.2 Å². The van der Waals surface area contributed by atoms with Crippen molar-refractivity contribution < 1.29 is 13.2 Å². The zero-order chi connectivity index (χ0) is 26.0. The Balaban J connectivity index is 1.23. The van der Waals surface area contributed by atoms with Crippen molar-refractivity contribution in [2.45, 2.75) is 96.3 Å². The van der Waals surface area contributed by atoms with Gasteiger partial charge in [-0.25, -0.2) is 23.1 Å². The molecular formula is C32H39F3N2. The first kappa shape index (κ1) is 27.3. The van der Waals surface area contributed by atoms with E-state index in [4.69, 9.17) is 0 Å². The van der Waals surface area contributed by atoms with Crippen LogP contribution in [0.4, 0.5) is 13.2 Å². The van der Waals surface area contributed by atoms with Crippen molar-refractivity contribution in [2.75, 3.05) is 0 Å². The van der Waals surface area contributed by atoms with E-state index < -0.39 is 17.5 Å². The number of rotatable bonds is 12. The second-order valence-corrected chi connectivity index (χ2v) is 10.7. The van der Waals surface area contributed by atoms with Crippen molar-refractivity contribution >= 4 is 0 Å². The molecule has 5 heteroatoms. The van der Waals surface area contributed by atoms with Gasteiger partial charge >= 0.3 is 0 Å². The first-order valence-electron chi connectivity index (χ1n) is 14.1. The summed E-state index contributed by atoms with van der Waals surface area (Å²) in [6, 6.07) is 10.4. The Morgan fingerprint density at radius 3 is 1.84 bits per heavy atom. The van der Waals surface area contributed by atoms with Crippen molar-refractivity contribution in [3.8, 4) is 22.5 Å².